The predicted molar refractivity (Wildman–Crippen MR) is 74.1 cm³/mol. The van der Waals surface area contributed by atoms with Crippen LogP contribution in [0.4, 0.5) is 10.1 Å². The van der Waals surface area contributed by atoms with E-state index < -0.39 is 5.95 Å². The van der Waals surface area contributed by atoms with Crippen LogP contribution in [0.2, 0.25) is 0 Å². The lowest BCUT2D eigenvalue weighted by Crippen LogP contribution is -2.04. The molecule has 19 heavy (non-hydrogen) atoms. The number of halogens is 1. The van der Waals surface area contributed by atoms with E-state index in [4.69, 9.17) is 0 Å². The van der Waals surface area contributed by atoms with Gasteiger partial charge >= 0.3 is 0 Å². The lowest BCUT2D eigenvalue weighted by molar-refractivity contribution is 0.584. The molecule has 0 saturated carbocycles. The van der Waals surface area contributed by atoms with Gasteiger partial charge in [-0.05, 0) is 26.0 Å². The van der Waals surface area contributed by atoms with Crippen molar-refractivity contribution in [2.24, 2.45) is 0 Å². The molecule has 0 amide bonds. The second kappa shape index (κ2) is 4.62. The van der Waals surface area contributed by atoms with E-state index in [2.05, 4.69) is 32.8 Å². The first-order valence-corrected chi connectivity index (χ1v) is 6.74. The molecule has 0 aliphatic rings. The third kappa shape index (κ3) is 2.31. The summed E-state index contributed by atoms with van der Waals surface area (Å²) in [4.78, 5) is 10.4. The molecule has 0 radical (unpaired) electrons. The van der Waals surface area contributed by atoms with Crippen molar-refractivity contribution in [1.29, 1.82) is 0 Å². The molecule has 0 unspecified atom stereocenters. The molecular weight excluding hydrogens is 263 g/mol. The monoisotopic (exact) mass is 276 g/mol. The molecular formula is C13H13FN4S. The molecule has 0 fully saturated rings. The first kappa shape index (κ1) is 12.1. The smallest absolute Gasteiger partial charge is 0.212 e. The standard InChI is InChI=1S/C13H13FN4S/c1-8-7-18-11(9(2)17-13(18)19-8)6-15-10-3-4-12(14)16-5-10/h3-5,7,15H,6H2,1-2H3. The van der Waals surface area contributed by atoms with Gasteiger partial charge in [0.15, 0.2) is 4.96 Å². The highest BCUT2D eigenvalue weighted by Crippen LogP contribution is 2.21. The molecule has 0 saturated heterocycles. The van der Waals surface area contributed by atoms with Gasteiger partial charge in [0.25, 0.3) is 0 Å². The van der Waals surface area contributed by atoms with Gasteiger partial charge in [0.2, 0.25) is 5.95 Å². The number of aryl methyl sites for hydroxylation is 2. The maximum absolute atomic E-state index is 12.7. The summed E-state index contributed by atoms with van der Waals surface area (Å²) < 4.78 is 14.8. The first-order valence-electron chi connectivity index (χ1n) is 5.93. The molecule has 0 atom stereocenters. The van der Waals surface area contributed by atoms with E-state index in [-0.39, 0.29) is 0 Å². The summed E-state index contributed by atoms with van der Waals surface area (Å²) in [5, 5.41) is 3.23. The van der Waals surface area contributed by atoms with Crippen LogP contribution < -0.4 is 5.32 Å². The topological polar surface area (TPSA) is 42.2 Å². The van der Waals surface area contributed by atoms with Gasteiger partial charge in [-0.15, -0.1) is 11.3 Å². The molecule has 4 nitrogen and oxygen atoms in total. The highest BCUT2D eigenvalue weighted by atomic mass is 32.1. The number of thiazole rings is 1. The van der Waals surface area contributed by atoms with Crippen LogP contribution >= 0.6 is 11.3 Å². The number of pyridine rings is 1. The molecule has 0 aromatic carbocycles. The molecule has 3 aromatic rings. The van der Waals surface area contributed by atoms with Gasteiger partial charge in [0.1, 0.15) is 0 Å². The lowest BCUT2D eigenvalue weighted by atomic mass is 10.3. The Kier molecular flexibility index (Phi) is 2.94. The van der Waals surface area contributed by atoms with Crippen molar-refractivity contribution < 1.29 is 4.39 Å². The number of anilines is 1. The number of hydrogen-bond donors (Lipinski definition) is 1. The van der Waals surface area contributed by atoms with Gasteiger partial charge in [0.05, 0.1) is 29.8 Å². The zero-order valence-electron chi connectivity index (χ0n) is 10.6. The highest BCUT2D eigenvalue weighted by molar-refractivity contribution is 7.17. The summed E-state index contributed by atoms with van der Waals surface area (Å²) in [5.74, 6) is -0.470. The zero-order valence-corrected chi connectivity index (χ0v) is 11.5. The average Bonchev–Trinajstić information content (AvgIpc) is 2.85. The normalized spacial score (nSPS) is 11.1. The maximum atomic E-state index is 12.7. The van der Waals surface area contributed by atoms with Crippen LogP contribution in [0, 0.1) is 19.8 Å². The van der Waals surface area contributed by atoms with Crippen LogP contribution in [0.25, 0.3) is 4.96 Å². The maximum Gasteiger partial charge on any atom is 0.212 e. The Bertz CT molecular complexity index is 714. The molecule has 3 heterocycles. The largest absolute Gasteiger partial charge is 0.378 e. The van der Waals surface area contributed by atoms with Crippen molar-refractivity contribution >= 4 is 22.0 Å². The Morgan fingerprint density at radius 3 is 2.95 bits per heavy atom. The third-order valence-electron chi connectivity index (χ3n) is 2.93. The van der Waals surface area contributed by atoms with Crippen LogP contribution in [0.1, 0.15) is 16.3 Å². The van der Waals surface area contributed by atoms with Gasteiger partial charge in [-0.25, -0.2) is 9.97 Å². The van der Waals surface area contributed by atoms with E-state index in [1.165, 1.54) is 17.1 Å². The van der Waals surface area contributed by atoms with E-state index in [1.807, 2.05) is 6.92 Å². The number of aromatic nitrogens is 3. The second-order valence-corrected chi connectivity index (χ2v) is 5.57. The second-order valence-electron chi connectivity index (χ2n) is 4.36. The molecule has 0 aliphatic heterocycles. The Hall–Kier alpha value is -1.95. The van der Waals surface area contributed by atoms with Gasteiger partial charge in [-0.2, -0.15) is 4.39 Å². The van der Waals surface area contributed by atoms with Crippen molar-refractivity contribution in [2.45, 2.75) is 20.4 Å². The fourth-order valence-electron chi connectivity index (χ4n) is 1.99. The van der Waals surface area contributed by atoms with Gasteiger partial charge < -0.3 is 5.32 Å². The van der Waals surface area contributed by atoms with Crippen LogP contribution in [-0.2, 0) is 6.54 Å². The van der Waals surface area contributed by atoms with Gasteiger partial charge in [-0.3, -0.25) is 4.40 Å². The number of imidazole rings is 1. The fourth-order valence-corrected chi connectivity index (χ4v) is 2.88. The van der Waals surface area contributed by atoms with Crippen molar-refractivity contribution in [3.8, 4) is 0 Å². The van der Waals surface area contributed by atoms with E-state index in [1.54, 1.807) is 17.4 Å². The van der Waals surface area contributed by atoms with Crippen LogP contribution in [0.5, 0.6) is 0 Å². The Morgan fingerprint density at radius 2 is 2.21 bits per heavy atom. The fraction of sp³-hybridized carbons (Fsp3) is 0.231. The van der Waals surface area contributed by atoms with E-state index >= 15 is 0 Å². The minimum absolute atomic E-state index is 0.470. The van der Waals surface area contributed by atoms with Crippen molar-refractivity contribution in [1.82, 2.24) is 14.4 Å². The van der Waals surface area contributed by atoms with E-state index in [9.17, 15) is 4.39 Å². The molecule has 3 rings (SSSR count). The number of fused-ring (bicyclic) bond motifs is 1. The summed E-state index contributed by atoms with van der Waals surface area (Å²) in [5.41, 5.74) is 2.92. The van der Waals surface area contributed by atoms with Gasteiger partial charge in [0, 0.05) is 11.1 Å². The van der Waals surface area contributed by atoms with E-state index in [0.717, 1.165) is 22.0 Å². The van der Waals surface area contributed by atoms with E-state index in [0.29, 0.717) is 6.54 Å². The quantitative estimate of drug-likeness (QED) is 0.747. The summed E-state index contributed by atoms with van der Waals surface area (Å²) >= 11 is 1.67. The highest BCUT2D eigenvalue weighted by Gasteiger charge is 2.10. The first-order chi connectivity index (χ1) is 9.13. The number of hydrogen-bond acceptors (Lipinski definition) is 4. The Balaban J connectivity index is 1.84. The molecule has 98 valence electrons. The molecule has 0 spiro atoms. The molecule has 3 aromatic heterocycles. The minimum Gasteiger partial charge on any atom is -0.378 e. The predicted octanol–water partition coefficient (Wildman–Crippen LogP) is 3.16. The summed E-state index contributed by atoms with van der Waals surface area (Å²) in [6.07, 6.45) is 3.57. The molecule has 0 bridgehead atoms. The lowest BCUT2D eigenvalue weighted by Gasteiger charge is -2.06. The molecule has 1 N–H and O–H groups in total. The summed E-state index contributed by atoms with van der Waals surface area (Å²) in [6.45, 7) is 4.70. The minimum atomic E-state index is -0.470. The average molecular weight is 276 g/mol. The van der Waals surface area contributed by atoms with Crippen LogP contribution in [-0.4, -0.2) is 14.4 Å². The van der Waals surface area contributed by atoms with Crippen molar-refractivity contribution in [3.05, 3.63) is 46.7 Å². The van der Waals surface area contributed by atoms with Crippen LogP contribution in [0.3, 0.4) is 0 Å². The van der Waals surface area contributed by atoms with Gasteiger partial charge in [-0.1, -0.05) is 0 Å². The SMILES string of the molecule is Cc1cn2c(CNc3ccc(F)nc3)c(C)nc2s1. The number of rotatable bonds is 3. The van der Waals surface area contributed by atoms with Crippen molar-refractivity contribution in [3.63, 3.8) is 0 Å². The third-order valence-corrected chi connectivity index (χ3v) is 3.83. The van der Waals surface area contributed by atoms with Crippen LogP contribution in [0.15, 0.2) is 24.5 Å². The summed E-state index contributed by atoms with van der Waals surface area (Å²) in [6, 6.07) is 3.02. The zero-order chi connectivity index (χ0) is 13.4. The Labute approximate surface area is 113 Å². The van der Waals surface area contributed by atoms with Crippen molar-refractivity contribution in [2.75, 3.05) is 5.32 Å². The molecule has 0 aliphatic carbocycles. The molecule has 6 heteroatoms. The number of nitrogens with one attached hydrogen (secondary N) is 1. The number of nitrogens with zero attached hydrogens (tertiary/aromatic N) is 3. The summed E-state index contributed by atoms with van der Waals surface area (Å²) in [7, 11) is 0. The Morgan fingerprint density at radius 1 is 1.37 bits per heavy atom.